The maximum Gasteiger partial charge on any atom is 0.252 e. The van der Waals surface area contributed by atoms with Gasteiger partial charge in [-0.2, -0.15) is 0 Å². The van der Waals surface area contributed by atoms with Gasteiger partial charge in [0.25, 0.3) is 5.91 Å². The molecule has 0 bridgehead atoms. The fourth-order valence-electron chi connectivity index (χ4n) is 1.53. The summed E-state index contributed by atoms with van der Waals surface area (Å²) in [4.78, 5) is 11.5. The Labute approximate surface area is 93.0 Å². The van der Waals surface area contributed by atoms with Gasteiger partial charge in [-0.1, -0.05) is 0 Å². The van der Waals surface area contributed by atoms with Crippen LogP contribution in [0.15, 0.2) is 0 Å². The van der Waals surface area contributed by atoms with Crippen molar-refractivity contribution in [1.29, 1.82) is 0 Å². The van der Waals surface area contributed by atoms with Gasteiger partial charge < -0.3 is 30.1 Å². The van der Waals surface area contributed by atoms with E-state index in [1.807, 2.05) is 0 Å². The minimum atomic E-state index is -1.48. The predicted octanol–water partition coefficient (Wildman–Crippen LogP) is -2.42. The molecule has 7 heteroatoms. The largest absolute Gasteiger partial charge is 0.387 e. The lowest BCUT2D eigenvalue weighted by molar-refractivity contribution is -0.283. The first-order chi connectivity index (χ1) is 7.52. The van der Waals surface area contributed by atoms with E-state index in [0.29, 0.717) is 6.54 Å². The van der Waals surface area contributed by atoms with E-state index in [4.69, 9.17) is 9.47 Å². The van der Waals surface area contributed by atoms with Crippen molar-refractivity contribution in [1.82, 2.24) is 5.32 Å². The Morgan fingerprint density at radius 3 is 2.44 bits per heavy atom. The normalized spacial score (nSPS) is 39.4. The van der Waals surface area contributed by atoms with Crippen LogP contribution in [0, 0.1) is 0 Å². The fraction of sp³-hybridized carbons (Fsp3) is 0.889. The number of hydrogen-bond donors (Lipinski definition) is 4. The third-order valence-corrected chi connectivity index (χ3v) is 2.41. The first-order valence-electron chi connectivity index (χ1n) is 5.03. The van der Waals surface area contributed by atoms with Crippen molar-refractivity contribution in [3.63, 3.8) is 0 Å². The van der Waals surface area contributed by atoms with Gasteiger partial charge in [0.2, 0.25) is 0 Å². The summed E-state index contributed by atoms with van der Waals surface area (Å²) in [5.74, 6) is -0.553. The van der Waals surface area contributed by atoms with Crippen LogP contribution in [0.4, 0.5) is 0 Å². The van der Waals surface area contributed by atoms with Gasteiger partial charge in [0.1, 0.15) is 18.3 Å². The second kappa shape index (κ2) is 5.55. The van der Waals surface area contributed by atoms with Gasteiger partial charge in [-0.3, -0.25) is 4.79 Å². The number of aliphatic hydroxyl groups is 3. The lowest BCUT2D eigenvalue weighted by Gasteiger charge is -2.38. The van der Waals surface area contributed by atoms with Crippen molar-refractivity contribution in [3.05, 3.63) is 0 Å². The zero-order chi connectivity index (χ0) is 12.3. The molecule has 94 valence electrons. The molecule has 0 radical (unpaired) electrons. The first kappa shape index (κ1) is 13.3. The van der Waals surface area contributed by atoms with Crippen LogP contribution >= 0.6 is 0 Å². The van der Waals surface area contributed by atoms with E-state index >= 15 is 0 Å². The highest BCUT2D eigenvalue weighted by molar-refractivity contribution is 5.81. The van der Waals surface area contributed by atoms with E-state index < -0.39 is 36.6 Å². The van der Waals surface area contributed by atoms with Crippen molar-refractivity contribution in [3.8, 4) is 0 Å². The summed E-state index contributed by atoms with van der Waals surface area (Å²) in [7, 11) is 1.27. The lowest BCUT2D eigenvalue weighted by Crippen LogP contribution is -2.61. The highest BCUT2D eigenvalue weighted by Gasteiger charge is 2.46. The number of ether oxygens (including phenoxy) is 2. The van der Waals surface area contributed by atoms with Crippen molar-refractivity contribution in [2.45, 2.75) is 37.6 Å². The number of methoxy groups -OCH3 is 1. The monoisotopic (exact) mass is 235 g/mol. The molecule has 1 saturated heterocycles. The van der Waals surface area contributed by atoms with Gasteiger partial charge in [-0.15, -0.1) is 0 Å². The summed E-state index contributed by atoms with van der Waals surface area (Å²) in [6.07, 6.45) is -6.72. The number of likely N-dealkylation sites (N-methyl/N-ethyl adjacent to an activating group) is 1. The molecule has 1 aliphatic heterocycles. The summed E-state index contributed by atoms with van der Waals surface area (Å²) in [6, 6.07) is 0. The molecule has 0 aromatic carbocycles. The van der Waals surface area contributed by atoms with Gasteiger partial charge in [0.15, 0.2) is 12.4 Å². The summed E-state index contributed by atoms with van der Waals surface area (Å²) < 4.78 is 9.81. The molecule has 0 aliphatic carbocycles. The maximum atomic E-state index is 11.5. The molecule has 1 heterocycles. The number of carbonyl (C=O) groups excluding carboxylic acids is 1. The molecule has 0 spiro atoms. The molecule has 1 aliphatic rings. The van der Waals surface area contributed by atoms with Crippen LogP contribution in [0.1, 0.15) is 6.92 Å². The summed E-state index contributed by atoms with van der Waals surface area (Å²) >= 11 is 0. The quantitative estimate of drug-likeness (QED) is 0.433. The van der Waals surface area contributed by atoms with Crippen molar-refractivity contribution < 1.29 is 29.6 Å². The number of nitrogens with one attached hydrogen (secondary N) is 1. The van der Waals surface area contributed by atoms with Crippen LogP contribution in [0.25, 0.3) is 0 Å². The molecular formula is C9H17NO6. The summed E-state index contributed by atoms with van der Waals surface area (Å²) in [6.45, 7) is 2.09. The Morgan fingerprint density at radius 1 is 1.31 bits per heavy atom. The average molecular weight is 235 g/mol. The summed E-state index contributed by atoms with van der Waals surface area (Å²) in [5, 5.41) is 31.0. The van der Waals surface area contributed by atoms with Crippen molar-refractivity contribution in [2.24, 2.45) is 0 Å². The number of hydrogen-bond acceptors (Lipinski definition) is 6. The van der Waals surface area contributed by atoms with Gasteiger partial charge >= 0.3 is 0 Å². The number of rotatable bonds is 3. The Morgan fingerprint density at radius 2 is 1.94 bits per heavy atom. The van der Waals surface area contributed by atoms with Crippen LogP contribution in [0.2, 0.25) is 0 Å². The van der Waals surface area contributed by atoms with Crippen LogP contribution in [-0.4, -0.2) is 65.6 Å². The third kappa shape index (κ3) is 2.50. The zero-order valence-corrected chi connectivity index (χ0v) is 9.16. The molecule has 0 aromatic rings. The van der Waals surface area contributed by atoms with Crippen LogP contribution < -0.4 is 5.32 Å². The molecule has 4 N–H and O–H groups in total. The number of amides is 1. The molecule has 0 aromatic heterocycles. The average Bonchev–Trinajstić information content (AvgIpc) is 2.27. The third-order valence-electron chi connectivity index (χ3n) is 2.41. The van der Waals surface area contributed by atoms with Gasteiger partial charge in [0.05, 0.1) is 0 Å². The molecule has 1 amide bonds. The number of aliphatic hydroxyl groups excluding tert-OH is 3. The van der Waals surface area contributed by atoms with Crippen LogP contribution in [0.5, 0.6) is 0 Å². The van der Waals surface area contributed by atoms with Gasteiger partial charge in [0, 0.05) is 13.7 Å². The number of carbonyl (C=O) groups is 1. The minimum Gasteiger partial charge on any atom is -0.387 e. The molecular weight excluding hydrogens is 218 g/mol. The SMILES string of the molecule is CCNC(=O)C1O[C@@H](OC)C(O)C(O)[C@@H]1O. The molecule has 16 heavy (non-hydrogen) atoms. The maximum absolute atomic E-state index is 11.5. The van der Waals surface area contributed by atoms with E-state index in [2.05, 4.69) is 5.32 Å². The van der Waals surface area contributed by atoms with Crippen LogP contribution in [-0.2, 0) is 14.3 Å². The van der Waals surface area contributed by atoms with Crippen molar-refractivity contribution >= 4 is 5.91 Å². The molecule has 0 saturated carbocycles. The highest BCUT2D eigenvalue weighted by atomic mass is 16.7. The van der Waals surface area contributed by atoms with Crippen LogP contribution in [0.3, 0.4) is 0 Å². The smallest absolute Gasteiger partial charge is 0.252 e. The molecule has 1 rings (SSSR count). The standard InChI is InChI=1S/C9H17NO6/c1-3-10-8(14)7-5(12)4(11)6(13)9(15-2)16-7/h4-7,9,11-13H,3H2,1-2H3,(H,10,14)/t4?,5-,6?,7?,9+/m0/s1. The first-order valence-corrected chi connectivity index (χ1v) is 5.03. The van der Waals surface area contributed by atoms with Gasteiger partial charge in [-0.25, -0.2) is 0 Å². The minimum absolute atomic E-state index is 0.377. The second-order valence-electron chi connectivity index (χ2n) is 3.53. The van der Waals surface area contributed by atoms with Crippen molar-refractivity contribution in [2.75, 3.05) is 13.7 Å². The van der Waals surface area contributed by atoms with E-state index in [1.165, 1.54) is 7.11 Å². The van der Waals surface area contributed by atoms with E-state index in [-0.39, 0.29) is 0 Å². The Bertz CT molecular complexity index is 246. The lowest BCUT2D eigenvalue weighted by atomic mass is 9.98. The van der Waals surface area contributed by atoms with Gasteiger partial charge in [-0.05, 0) is 6.92 Å². The molecule has 3 unspecified atom stereocenters. The second-order valence-corrected chi connectivity index (χ2v) is 3.53. The molecule has 1 fully saturated rings. The zero-order valence-electron chi connectivity index (χ0n) is 9.16. The summed E-state index contributed by atoms with van der Waals surface area (Å²) in [5.41, 5.74) is 0. The fourth-order valence-corrected chi connectivity index (χ4v) is 1.53. The Balaban J connectivity index is 2.74. The Hall–Kier alpha value is -0.730. The predicted molar refractivity (Wildman–Crippen MR) is 52.4 cm³/mol. The van der Waals surface area contributed by atoms with E-state index in [0.717, 1.165) is 0 Å². The highest BCUT2D eigenvalue weighted by Crippen LogP contribution is 2.21. The van der Waals surface area contributed by atoms with E-state index in [1.54, 1.807) is 6.92 Å². The molecule has 5 atom stereocenters. The Kier molecular flexibility index (Phi) is 4.63. The molecule has 7 nitrogen and oxygen atoms in total. The topological polar surface area (TPSA) is 108 Å². The van der Waals surface area contributed by atoms with E-state index in [9.17, 15) is 20.1 Å².